The molecule has 1 heterocycles. The summed E-state index contributed by atoms with van der Waals surface area (Å²) in [5.74, 6) is 0. The maximum absolute atomic E-state index is 12.0. The maximum atomic E-state index is 12.0. The summed E-state index contributed by atoms with van der Waals surface area (Å²) in [6.07, 6.45) is 0. The summed E-state index contributed by atoms with van der Waals surface area (Å²) in [4.78, 5) is 0.321. The summed E-state index contributed by atoms with van der Waals surface area (Å²) in [6.45, 7) is 7.28. The van der Waals surface area contributed by atoms with Crippen molar-refractivity contribution in [3.63, 3.8) is 0 Å². The van der Waals surface area contributed by atoms with Gasteiger partial charge < -0.3 is 5.32 Å². The molecule has 0 radical (unpaired) electrons. The fourth-order valence-electron chi connectivity index (χ4n) is 1.74. The van der Waals surface area contributed by atoms with E-state index in [1.165, 1.54) is 5.56 Å². The van der Waals surface area contributed by atoms with Crippen LogP contribution in [-0.4, -0.2) is 15.0 Å². The van der Waals surface area contributed by atoms with Gasteiger partial charge in [-0.05, 0) is 30.2 Å². The molecule has 0 saturated carbocycles. The third-order valence-electron chi connectivity index (χ3n) is 2.68. The van der Waals surface area contributed by atoms with Crippen LogP contribution in [0.5, 0.6) is 0 Å². The van der Waals surface area contributed by atoms with Crippen LogP contribution in [0.4, 0.5) is 0 Å². The summed E-state index contributed by atoms with van der Waals surface area (Å²) in [5.41, 5.74) is 3.02. The van der Waals surface area contributed by atoms with Crippen molar-refractivity contribution in [3.05, 3.63) is 41.5 Å². The Morgan fingerprint density at radius 1 is 1.41 bits per heavy atom. The number of rotatable bonds is 4. The van der Waals surface area contributed by atoms with E-state index < -0.39 is 10.0 Å². The fraction of sp³-hybridized carbons (Fsp3) is 0.333. The van der Waals surface area contributed by atoms with Gasteiger partial charge in [0.2, 0.25) is 10.0 Å². The van der Waals surface area contributed by atoms with Crippen molar-refractivity contribution >= 4 is 10.0 Å². The van der Waals surface area contributed by atoms with Crippen molar-refractivity contribution in [3.8, 4) is 0 Å². The second-order valence-corrected chi connectivity index (χ2v) is 6.08. The van der Waals surface area contributed by atoms with Crippen LogP contribution in [0.1, 0.15) is 18.1 Å². The van der Waals surface area contributed by atoms with Crippen LogP contribution in [0.25, 0.3) is 0 Å². The Hall–Kier alpha value is -1.17. The van der Waals surface area contributed by atoms with E-state index in [4.69, 9.17) is 0 Å². The summed E-state index contributed by atoms with van der Waals surface area (Å²) < 4.78 is 26.4. The molecule has 92 valence electrons. The molecule has 4 nitrogen and oxygen atoms in total. The van der Waals surface area contributed by atoms with Crippen LogP contribution in [0.15, 0.2) is 35.2 Å². The van der Waals surface area contributed by atoms with Crippen molar-refractivity contribution in [2.45, 2.75) is 24.9 Å². The van der Waals surface area contributed by atoms with Crippen molar-refractivity contribution < 1.29 is 8.42 Å². The highest BCUT2D eigenvalue weighted by atomic mass is 32.2. The molecular formula is C12H16N2O2S. The van der Waals surface area contributed by atoms with Crippen LogP contribution in [0, 0.1) is 0 Å². The van der Waals surface area contributed by atoms with Crippen molar-refractivity contribution in [1.82, 2.24) is 10.0 Å². The monoisotopic (exact) mass is 252 g/mol. The van der Waals surface area contributed by atoms with E-state index in [-0.39, 0.29) is 6.54 Å². The molecule has 0 amide bonds. The standard InChI is InChI=1S/C12H16N2O2S/c1-9(2)6-14-17(15,16)12-4-3-10-7-13-8-11(10)5-12/h3-5,13-14H,1,6-8H2,2H3. The zero-order chi connectivity index (χ0) is 12.5. The number of hydrogen-bond donors (Lipinski definition) is 2. The zero-order valence-corrected chi connectivity index (χ0v) is 10.6. The minimum atomic E-state index is -3.42. The van der Waals surface area contributed by atoms with Gasteiger partial charge in [0.25, 0.3) is 0 Å². The predicted molar refractivity (Wildman–Crippen MR) is 67.0 cm³/mol. The minimum Gasteiger partial charge on any atom is -0.309 e. The van der Waals surface area contributed by atoms with Gasteiger partial charge in [0.1, 0.15) is 0 Å². The highest BCUT2D eigenvalue weighted by molar-refractivity contribution is 7.89. The van der Waals surface area contributed by atoms with Crippen molar-refractivity contribution in [2.24, 2.45) is 0 Å². The molecule has 1 aromatic carbocycles. The lowest BCUT2D eigenvalue weighted by Gasteiger charge is -2.07. The lowest BCUT2D eigenvalue weighted by atomic mass is 10.1. The van der Waals surface area contributed by atoms with Gasteiger partial charge in [-0.15, -0.1) is 0 Å². The minimum absolute atomic E-state index is 0.275. The first-order chi connectivity index (χ1) is 7.99. The van der Waals surface area contributed by atoms with Crippen molar-refractivity contribution in [1.29, 1.82) is 0 Å². The first-order valence-electron chi connectivity index (χ1n) is 5.45. The molecule has 0 bridgehead atoms. The maximum Gasteiger partial charge on any atom is 0.240 e. The third kappa shape index (κ3) is 2.74. The molecule has 1 aliphatic rings. The Kier molecular flexibility index (Phi) is 3.33. The number of benzene rings is 1. The van der Waals surface area contributed by atoms with Gasteiger partial charge in [0.15, 0.2) is 0 Å². The third-order valence-corrected chi connectivity index (χ3v) is 4.08. The van der Waals surface area contributed by atoms with E-state index in [9.17, 15) is 8.42 Å². The Labute approximate surface area is 102 Å². The Morgan fingerprint density at radius 2 is 2.12 bits per heavy atom. The van der Waals surface area contributed by atoms with E-state index in [1.807, 2.05) is 6.07 Å². The quantitative estimate of drug-likeness (QED) is 0.790. The molecule has 2 N–H and O–H groups in total. The molecule has 0 spiro atoms. The fourth-order valence-corrected chi connectivity index (χ4v) is 2.89. The number of sulfonamides is 1. The van der Waals surface area contributed by atoms with Gasteiger partial charge in [0.05, 0.1) is 4.90 Å². The first-order valence-corrected chi connectivity index (χ1v) is 6.94. The molecule has 0 unspecified atom stereocenters. The largest absolute Gasteiger partial charge is 0.309 e. The lowest BCUT2D eigenvalue weighted by molar-refractivity contribution is 0.584. The van der Waals surface area contributed by atoms with Crippen LogP contribution in [0.2, 0.25) is 0 Å². The zero-order valence-electron chi connectivity index (χ0n) is 9.79. The molecule has 5 heteroatoms. The number of nitrogens with one attached hydrogen (secondary N) is 2. The molecule has 1 aromatic rings. The Bertz CT molecular complexity index is 550. The van der Waals surface area contributed by atoms with Crippen LogP contribution >= 0.6 is 0 Å². The number of fused-ring (bicyclic) bond motifs is 1. The lowest BCUT2D eigenvalue weighted by Crippen LogP contribution is -2.25. The van der Waals surface area contributed by atoms with E-state index in [0.29, 0.717) is 4.90 Å². The average Bonchev–Trinajstić information content (AvgIpc) is 2.73. The molecule has 2 rings (SSSR count). The van der Waals surface area contributed by atoms with Crippen LogP contribution in [-0.2, 0) is 23.1 Å². The Morgan fingerprint density at radius 3 is 2.82 bits per heavy atom. The van der Waals surface area contributed by atoms with Crippen LogP contribution in [0.3, 0.4) is 0 Å². The van der Waals surface area contributed by atoms with Gasteiger partial charge in [-0.25, -0.2) is 13.1 Å². The SMILES string of the molecule is C=C(C)CNS(=O)(=O)c1ccc2c(c1)CNC2. The Balaban J connectivity index is 2.24. The summed E-state index contributed by atoms with van der Waals surface area (Å²) in [6, 6.07) is 5.24. The molecular weight excluding hydrogens is 236 g/mol. The molecule has 0 fully saturated rings. The highest BCUT2D eigenvalue weighted by Crippen LogP contribution is 2.19. The summed E-state index contributed by atoms with van der Waals surface area (Å²) in [5, 5.41) is 3.19. The van der Waals surface area contributed by atoms with Gasteiger partial charge in [0, 0.05) is 19.6 Å². The topological polar surface area (TPSA) is 58.2 Å². The van der Waals surface area contributed by atoms with Crippen LogP contribution < -0.4 is 10.0 Å². The van der Waals surface area contributed by atoms with Gasteiger partial charge in [-0.3, -0.25) is 0 Å². The molecule has 0 atom stereocenters. The van der Waals surface area contributed by atoms with E-state index in [1.54, 1.807) is 19.1 Å². The normalized spacial score (nSPS) is 14.6. The van der Waals surface area contributed by atoms with Crippen molar-refractivity contribution in [2.75, 3.05) is 6.54 Å². The van der Waals surface area contributed by atoms with E-state index in [2.05, 4.69) is 16.6 Å². The molecule has 0 aromatic heterocycles. The van der Waals surface area contributed by atoms with Gasteiger partial charge >= 0.3 is 0 Å². The molecule has 1 aliphatic heterocycles. The first kappa shape index (κ1) is 12.3. The second kappa shape index (κ2) is 4.60. The predicted octanol–water partition coefficient (Wildman–Crippen LogP) is 1.14. The average molecular weight is 252 g/mol. The highest BCUT2D eigenvalue weighted by Gasteiger charge is 2.17. The smallest absolute Gasteiger partial charge is 0.240 e. The second-order valence-electron chi connectivity index (χ2n) is 4.32. The molecule has 0 saturated heterocycles. The van der Waals surface area contributed by atoms with Gasteiger partial charge in [-0.1, -0.05) is 18.2 Å². The van der Waals surface area contributed by atoms with Gasteiger partial charge in [-0.2, -0.15) is 0 Å². The van der Waals surface area contributed by atoms with E-state index >= 15 is 0 Å². The summed E-state index contributed by atoms with van der Waals surface area (Å²) >= 11 is 0. The molecule has 17 heavy (non-hydrogen) atoms. The summed E-state index contributed by atoms with van der Waals surface area (Å²) in [7, 11) is -3.42. The van der Waals surface area contributed by atoms with E-state index in [0.717, 1.165) is 24.2 Å². The number of hydrogen-bond acceptors (Lipinski definition) is 3. The molecule has 0 aliphatic carbocycles.